The van der Waals surface area contributed by atoms with E-state index in [1.165, 1.54) is 49.9 Å². The molecule has 1 aromatic carbocycles. The van der Waals surface area contributed by atoms with Crippen molar-refractivity contribution in [2.75, 3.05) is 13.1 Å². The molecule has 3 rings (SSSR count). The van der Waals surface area contributed by atoms with Crippen LogP contribution in [-0.2, 0) is 6.54 Å². The Hall–Kier alpha value is -0.860. The smallest absolute Gasteiger partial charge is 0.0237 e. The summed E-state index contributed by atoms with van der Waals surface area (Å²) >= 11 is 0. The lowest BCUT2D eigenvalue weighted by Gasteiger charge is -2.25. The lowest BCUT2D eigenvalue weighted by Crippen LogP contribution is -2.38. The first-order valence-corrected chi connectivity index (χ1v) is 7.34. The van der Waals surface area contributed by atoms with Crippen LogP contribution in [0.15, 0.2) is 24.3 Å². The van der Waals surface area contributed by atoms with Gasteiger partial charge in [-0.3, -0.25) is 4.90 Å². The van der Waals surface area contributed by atoms with Crippen molar-refractivity contribution >= 4 is 0 Å². The van der Waals surface area contributed by atoms with Gasteiger partial charge in [-0.25, -0.2) is 0 Å². The maximum atomic E-state index is 3.68. The van der Waals surface area contributed by atoms with Gasteiger partial charge in [0, 0.05) is 25.2 Å². The first-order valence-electron chi connectivity index (χ1n) is 7.34. The molecule has 1 saturated carbocycles. The van der Waals surface area contributed by atoms with E-state index in [9.17, 15) is 0 Å². The molecule has 1 aromatic rings. The van der Waals surface area contributed by atoms with Gasteiger partial charge in [0.25, 0.3) is 0 Å². The molecule has 2 nitrogen and oxygen atoms in total. The van der Waals surface area contributed by atoms with Crippen molar-refractivity contribution in [2.45, 2.75) is 51.2 Å². The second-order valence-electron chi connectivity index (χ2n) is 5.94. The maximum absolute atomic E-state index is 3.68. The molecule has 0 radical (unpaired) electrons. The van der Waals surface area contributed by atoms with Gasteiger partial charge in [0.2, 0.25) is 0 Å². The SMILES string of the molecule is Cc1cccc(CN2CCCC2CNC2CC2)c1. The van der Waals surface area contributed by atoms with E-state index in [-0.39, 0.29) is 0 Å². The zero-order valence-corrected chi connectivity index (χ0v) is 11.4. The maximum Gasteiger partial charge on any atom is 0.0237 e. The number of rotatable bonds is 5. The van der Waals surface area contributed by atoms with Gasteiger partial charge >= 0.3 is 0 Å². The molecule has 1 atom stereocenters. The minimum atomic E-state index is 0.756. The van der Waals surface area contributed by atoms with Gasteiger partial charge in [-0.15, -0.1) is 0 Å². The fraction of sp³-hybridized carbons (Fsp3) is 0.625. The van der Waals surface area contributed by atoms with E-state index in [1.807, 2.05) is 0 Å². The summed E-state index contributed by atoms with van der Waals surface area (Å²) in [5.41, 5.74) is 2.84. The van der Waals surface area contributed by atoms with Crippen molar-refractivity contribution in [3.63, 3.8) is 0 Å². The monoisotopic (exact) mass is 244 g/mol. The molecule has 1 aliphatic carbocycles. The number of nitrogens with zero attached hydrogens (tertiary/aromatic N) is 1. The topological polar surface area (TPSA) is 15.3 Å². The molecule has 0 spiro atoms. The average Bonchev–Trinajstić information content (AvgIpc) is 3.08. The highest BCUT2D eigenvalue weighted by atomic mass is 15.2. The predicted octanol–water partition coefficient (Wildman–Crippen LogP) is 2.71. The Bertz CT molecular complexity index is 398. The highest BCUT2D eigenvalue weighted by Gasteiger charge is 2.27. The number of likely N-dealkylation sites (tertiary alicyclic amines) is 1. The molecule has 2 heteroatoms. The van der Waals surface area contributed by atoms with Crippen LogP contribution in [0.25, 0.3) is 0 Å². The number of aryl methyl sites for hydroxylation is 1. The average molecular weight is 244 g/mol. The minimum absolute atomic E-state index is 0.756. The first kappa shape index (κ1) is 12.2. The van der Waals surface area contributed by atoms with Gasteiger partial charge in [0.1, 0.15) is 0 Å². The standard InChI is InChI=1S/C16H24N2/c1-13-4-2-5-14(10-13)12-18-9-3-6-16(18)11-17-15-7-8-15/h2,4-5,10,15-17H,3,6-9,11-12H2,1H3. The molecule has 2 fully saturated rings. The summed E-state index contributed by atoms with van der Waals surface area (Å²) in [5.74, 6) is 0. The van der Waals surface area contributed by atoms with Crippen LogP contribution in [0.1, 0.15) is 36.8 Å². The van der Waals surface area contributed by atoms with E-state index in [4.69, 9.17) is 0 Å². The molecule has 1 saturated heterocycles. The molecule has 98 valence electrons. The summed E-state index contributed by atoms with van der Waals surface area (Å²) in [6, 6.07) is 10.5. The van der Waals surface area contributed by atoms with Crippen LogP contribution in [0, 0.1) is 6.92 Å². The van der Waals surface area contributed by atoms with Crippen LogP contribution < -0.4 is 5.32 Å². The van der Waals surface area contributed by atoms with Crippen molar-refractivity contribution in [2.24, 2.45) is 0 Å². The second-order valence-corrected chi connectivity index (χ2v) is 5.94. The van der Waals surface area contributed by atoms with Gasteiger partial charge in [-0.05, 0) is 44.7 Å². The number of nitrogens with one attached hydrogen (secondary N) is 1. The van der Waals surface area contributed by atoms with E-state index in [0.717, 1.165) is 18.6 Å². The summed E-state index contributed by atoms with van der Waals surface area (Å²) in [6.07, 6.45) is 5.52. The largest absolute Gasteiger partial charge is 0.312 e. The van der Waals surface area contributed by atoms with E-state index in [0.29, 0.717) is 0 Å². The summed E-state index contributed by atoms with van der Waals surface area (Å²) in [6.45, 7) is 5.76. The van der Waals surface area contributed by atoms with Crippen LogP contribution in [0.3, 0.4) is 0 Å². The van der Waals surface area contributed by atoms with Crippen molar-refractivity contribution in [3.05, 3.63) is 35.4 Å². The van der Waals surface area contributed by atoms with Crippen LogP contribution in [-0.4, -0.2) is 30.1 Å². The number of hydrogen-bond donors (Lipinski definition) is 1. The van der Waals surface area contributed by atoms with Crippen molar-refractivity contribution in [1.29, 1.82) is 0 Å². The Kier molecular flexibility index (Phi) is 3.67. The molecule has 1 unspecified atom stereocenters. The quantitative estimate of drug-likeness (QED) is 0.856. The molecular weight excluding hydrogens is 220 g/mol. The lowest BCUT2D eigenvalue weighted by molar-refractivity contribution is 0.239. The highest BCUT2D eigenvalue weighted by Crippen LogP contribution is 2.23. The zero-order valence-electron chi connectivity index (χ0n) is 11.4. The Morgan fingerprint density at radius 3 is 2.94 bits per heavy atom. The molecule has 1 heterocycles. The second kappa shape index (κ2) is 5.41. The molecular formula is C16H24N2. The molecule has 0 bridgehead atoms. The van der Waals surface area contributed by atoms with E-state index >= 15 is 0 Å². The molecule has 1 N–H and O–H groups in total. The Labute approximate surface area is 110 Å². The Morgan fingerprint density at radius 1 is 1.28 bits per heavy atom. The van der Waals surface area contributed by atoms with Gasteiger partial charge in [-0.2, -0.15) is 0 Å². The van der Waals surface area contributed by atoms with Crippen molar-refractivity contribution in [3.8, 4) is 0 Å². The molecule has 18 heavy (non-hydrogen) atoms. The fourth-order valence-corrected chi connectivity index (χ4v) is 2.97. The summed E-state index contributed by atoms with van der Waals surface area (Å²) in [4.78, 5) is 2.66. The molecule has 1 aliphatic heterocycles. The summed E-state index contributed by atoms with van der Waals surface area (Å²) < 4.78 is 0. The van der Waals surface area contributed by atoms with Crippen LogP contribution in [0.4, 0.5) is 0 Å². The van der Waals surface area contributed by atoms with Crippen molar-refractivity contribution in [1.82, 2.24) is 10.2 Å². The van der Waals surface area contributed by atoms with Crippen molar-refractivity contribution < 1.29 is 0 Å². The Balaban J connectivity index is 1.56. The molecule has 0 aromatic heterocycles. The summed E-state index contributed by atoms with van der Waals surface area (Å²) in [7, 11) is 0. The van der Waals surface area contributed by atoms with E-state index in [2.05, 4.69) is 41.4 Å². The van der Waals surface area contributed by atoms with Gasteiger partial charge in [0.05, 0.1) is 0 Å². The zero-order chi connectivity index (χ0) is 12.4. The highest BCUT2D eigenvalue weighted by molar-refractivity contribution is 5.22. The third-order valence-electron chi connectivity index (χ3n) is 4.19. The fourth-order valence-electron chi connectivity index (χ4n) is 2.97. The van der Waals surface area contributed by atoms with Gasteiger partial charge < -0.3 is 5.32 Å². The van der Waals surface area contributed by atoms with Gasteiger partial charge in [-0.1, -0.05) is 29.8 Å². The number of benzene rings is 1. The normalized spacial score (nSPS) is 24.6. The van der Waals surface area contributed by atoms with Crippen LogP contribution in [0.2, 0.25) is 0 Å². The third kappa shape index (κ3) is 3.12. The van der Waals surface area contributed by atoms with Crippen LogP contribution >= 0.6 is 0 Å². The molecule has 0 amide bonds. The Morgan fingerprint density at radius 2 is 2.17 bits per heavy atom. The lowest BCUT2D eigenvalue weighted by atomic mass is 10.1. The summed E-state index contributed by atoms with van der Waals surface area (Å²) in [5, 5.41) is 3.68. The number of hydrogen-bond acceptors (Lipinski definition) is 2. The first-order chi connectivity index (χ1) is 8.81. The van der Waals surface area contributed by atoms with E-state index in [1.54, 1.807) is 0 Å². The van der Waals surface area contributed by atoms with Crippen LogP contribution in [0.5, 0.6) is 0 Å². The third-order valence-corrected chi connectivity index (χ3v) is 4.19. The van der Waals surface area contributed by atoms with Gasteiger partial charge in [0.15, 0.2) is 0 Å². The molecule has 2 aliphatic rings. The minimum Gasteiger partial charge on any atom is -0.312 e. The van der Waals surface area contributed by atoms with E-state index < -0.39 is 0 Å². The predicted molar refractivity (Wildman–Crippen MR) is 75.6 cm³/mol.